The maximum atomic E-state index is 12.8. The lowest BCUT2D eigenvalue weighted by atomic mass is 10.00. The number of aromatic amines is 2. The second-order valence-corrected chi connectivity index (χ2v) is 10.2. The highest BCUT2D eigenvalue weighted by Gasteiger charge is 2.21. The Balaban J connectivity index is 1.37. The summed E-state index contributed by atoms with van der Waals surface area (Å²) in [5.74, 6) is -0.488. The number of rotatable bonds is 5. The highest BCUT2D eigenvalue weighted by molar-refractivity contribution is 6.31. The van der Waals surface area contributed by atoms with Gasteiger partial charge >= 0.3 is 5.76 Å². The van der Waals surface area contributed by atoms with Gasteiger partial charge in [-0.05, 0) is 55.1 Å². The third kappa shape index (κ3) is 5.06. The van der Waals surface area contributed by atoms with E-state index in [0.29, 0.717) is 50.6 Å². The van der Waals surface area contributed by atoms with E-state index in [1.165, 1.54) is 0 Å². The number of likely N-dealkylation sites (N-methyl/N-ethyl adjacent to an activating group) is 1. The van der Waals surface area contributed by atoms with Gasteiger partial charge in [0.15, 0.2) is 11.5 Å². The van der Waals surface area contributed by atoms with Crippen molar-refractivity contribution in [3.63, 3.8) is 0 Å². The Morgan fingerprint density at radius 2 is 1.77 bits per heavy atom. The quantitative estimate of drug-likeness (QED) is 0.283. The van der Waals surface area contributed by atoms with E-state index < -0.39 is 5.76 Å². The van der Waals surface area contributed by atoms with Gasteiger partial charge in [0, 0.05) is 42.2 Å². The molecule has 0 spiro atoms. The monoisotopic (exact) mass is 543 g/mol. The first-order chi connectivity index (χ1) is 18.8. The summed E-state index contributed by atoms with van der Waals surface area (Å²) in [6.45, 7) is 3.25. The van der Waals surface area contributed by atoms with Crippen molar-refractivity contribution < 1.29 is 14.3 Å². The second kappa shape index (κ2) is 10.1. The number of aliphatic imine (C=N–C) groups is 1. The number of halogens is 1. The minimum atomic E-state index is -0.549. The standard InChI is InChI=1S/C29H26ClN5O4/c1-34-10-12-35(13-11-34)25(36)14-17-2-6-20(7-3-17)31-27(18-4-9-24-23(15-18)33-29(38)39-24)26-21-8-5-19(30)16-22(21)32-28(26)37/h2-9,15-16,32,37H,10-14H2,1H3,(H,33,38). The SMILES string of the molecule is CN1CCN(C(=O)Cc2ccc(N=C(c3ccc4oc(=O)[nH]c4c3)c3c(O)[nH]c4cc(Cl)ccc34)cc2)CC1. The third-order valence-electron chi connectivity index (χ3n) is 7.06. The van der Waals surface area contributed by atoms with Crippen LogP contribution in [0.5, 0.6) is 5.88 Å². The van der Waals surface area contributed by atoms with Crippen molar-refractivity contribution in [3.05, 3.63) is 92.9 Å². The minimum absolute atomic E-state index is 0.0545. The number of benzene rings is 3. The summed E-state index contributed by atoms with van der Waals surface area (Å²) >= 11 is 6.18. The number of hydrogen-bond donors (Lipinski definition) is 3. The van der Waals surface area contributed by atoms with Gasteiger partial charge in [0.25, 0.3) is 0 Å². The van der Waals surface area contributed by atoms with Crippen molar-refractivity contribution in [3.8, 4) is 5.88 Å². The number of carbonyl (C=O) groups is 1. The number of nitrogens with zero attached hydrogens (tertiary/aromatic N) is 3. The fourth-order valence-electron chi connectivity index (χ4n) is 4.92. The molecule has 5 aromatic rings. The van der Waals surface area contributed by atoms with Gasteiger partial charge in [-0.1, -0.05) is 29.8 Å². The number of carbonyl (C=O) groups excluding carboxylic acids is 1. The Bertz CT molecular complexity index is 1780. The molecule has 1 aliphatic rings. The summed E-state index contributed by atoms with van der Waals surface area (Å²) in [5.41, 5.74) is 4.81. The number of H-pyrrole nitrogens is 2. The first-order valence-corrected chi connectivity index (χ1v) is 13.0. The predicted molar refractivity (Wildman–Crippen MR) is 151 cm³/mol. The molecule has 0 saturated carbocycles. The first-order valence-electron chi connectivity index (χ1n) is 12.6. The van der Waals surface area contributed by atoms with E-state index in [9.17, 15) is 14.7 Å². The number of aromatic nitrogens is 2. The largest absolute Gasteiger partial charge is 0.494 e. The van der Waals surface area contributed by atoms with Crippen LogP contribution in [0.25, 0.3) is 22.0 Å². The highest BCUT2D eigenvalue weighted by atomic mass is 35.5. The van der Waals surface area contributed by atoms with Crippen molar-refractivity contribution in [2.45, 2.75) is 6.42 Å². The molecular weight excluding hydrogens is 518 g/mol. The van der Waals surface area contributed by atoms with Crippen molar-refractivity contribution >= 4 is 50.9 Å². The number of oxazole rings is 1. The molecule has 198 valence electrons. The fourth-order valence-corrected chi connectivity index (χ4v) is 5.09. The van der Waals surface area contributed by atoms with Gasteiger partial charge in [-0.3, -0.25) is 9.78 Å². The maximum Gasteiger partial charge on any atom is 0.417 e. The van der Waals surface area contributed by atoms with Crippen molar-refractivity contribution in [1.29, 1.82) is 0 Å². The summed E-state index contributed by atoms with van der Waals surface area (Å²) in [7, 11) is 2.06. The van der Waals surface area contributed by atoms with Gasteiger partial charge in [-0.25, -0.2) is 9.79 Å². The molecule has 0 unspecified atom stereocenters. The fraction of sp³-hybridized carbons (Fsp3) is 0.207. The van der Waals surface area contributed by atoms with Gasteiger partial charge in [0.1, 0.15) is 0 Å². The van der Waals surface area contributed by atoms with Crippen LogP contribution >= 0.6 is 11.6 Å². The molecule has 1 saturated heterocycles. The number of nitrogens with one attached hydrogen (secondary N) is 2. The van der Waals surface area contributed by atoms with E-state index in [1.807, 2.05) is 35.2 Å². The zero-order valence-corrected chi connectivity index (χ0v) is 22.0. The van der Waals surface area contributed by atoms with E-state index >= 15 is 0 Å². The normalized spacial score (nSPS) is 14.9. The van der Waals surface area contributed by atoms with E-state index in [0.717, 1.165) is 37.1 Å². The third-order valence-corrected chi connectivity index (χ3v) is 7.29. The molecule has 1 fully saturated rings. The van der Waals surface area contributed by atoms with Gasteiger partial charge in [0.05, 0.1) is 34.4 Å². The van der Waals surface area contributed by atoms with E-state index in [2.05, 4.69) is 21.9 Å². The van der Waals surface area contributed by atoms with Crippen LogP contribution in [0.3, 0.4) is 0 Å². The summed E-state index contributed by atoms with van der Waals surface area (Å²) in [4.78, 5) is 39.2. The van der Waals surface area contributed by atoms with Crippen molar-refractivity contribution in [1.82, 2.24) is 19.8 Å². The van der Waals surface area contributed by atoms with Crippen LogP contribution in [0, 0.1) is 0 Å². The summed E-state index contributed by atoms with van der Waals surface area (Å²) in [5, 5.41) is 12.2. The zero-order valence-electron chi connectivity index (χ0n) is 21.2. The molecule has 0 aliphatic carbocycles. The second-order valence-electron chi connectivity index (χ2n) is 9.75. The molecule has 3 N–H and O–H groups in total. The van der Waals surface area contributed by atoms with E-state index in [1.54, 1.807) is 30.3 Å². The lowest BCUT2D eigenvalue weighted by Gasteiger charge is -2.32. The number of fused-ring (bicyclic) bond motifs is 2. The average Bonchev–Trinajstić information content (AvgIpc) is 3.45. The van der Waals surface area contributed by atoms with Gasteiger partial charge in [-0.2, -0.15) is 0 Å². The van der Waals surface area contributed by atoms with Crippen LogP contribution in [0.2, 0.25) is 5.02 Å². The van der Waals surface area contributed by atoms with Crippen LogP contribution < -0.4 is 5.76 Å². The highest BCUT2D eigenvalue weighted by Crippen LogP contribution is 2.33. The van der Waals surface area contributed by atoms with Crippen molar-refractivity contribution in [2.75, 3.05) is 33.2 Å². The molecular formula is C29H26ClN5O4. The van der Waals surface area contributed by atoms with Gasteiger partial charge in [0.2, 0.25) is 5.91 Å². The number of amides is 1. The molecule has 10 heteroatoms. The Hall–Kier alpha value is -4.34. The Morgan fingerprint density at radius 3 is 2.54 bits per heavy atom. The van der Waals surface area contributed by atoms with Crippen LogP contribution in [0.15, 0.2) is 74.9 Å². The molecule has 9 nitrogen and oxygen atoms in total. The lowest BCUT2D eigenvalue weighted by molar-refractivity contribution is -0.132. The molecule has 3 heterocycles. The molecule has 2 aromatic heterocycles. The van der Waals surface area contributed by atoms with Crippen LogP contribution in [0.1, 0.15) is 16.7 Å². The van der Waals surface area contributed by atoms with Crippen LogP contribution in [0.4, 0.5) is 5.69 Å². The molecule has 39 heavy (non-hydrogen) atoms. The number of aromatic hydroxyl groups is 1. The van der Waals surface area contributed by atoms with E-state index in [4.69, 9.17) is 21.0 Å². The molecule has 0 atom stereocenters. The van der Waals surface area contributed by atoms with Crippen LogP contribution in [-0.2, 0) is 11.2 Å². The number of hydrogen-bond acceptors (Lipinski definition) is 6. The predicted octanol–water partition coefficient (Wildman–Crippen LogP) is 4.45. The van der Waals surface area contributed by atoms with Crippen LogP contribution in [-0.4, -0.2) is 69.7 Å². The molecule has 1 aliphatic heterocycles. The lowest BCUT2D eigenvalue weighted by Crippen LogP contribution is -2.47. The van der Waals surface area contributed by atoms with Crippen molar-refractivity contribution in [2.24, 2.45) is 4.99 Å². The smallest absolute Gasteiger partial charge is 0.417 e. The maximum absolute atomic E-state index is 12.8. The van der Waals surface area contributed by atoms with E-state index in [-0.39, 0.29) is 11.8 Å². The summed E-state index contributed by atoms with van der Waals surface area (Å²) in [6, 6.07) is 18.1. The Labute approximate surface area is 228 Å². The minimum Gasteiger partial charge on any atom is -0.494 e. The van der Waals surface area contributed by atoms with Gasteiger partial charge in [-0.15, -0.1) is 0 Å². The Kier molecular flexibility index (Phi) is 6.46. The molecule has 0 bridgehead atoms. The Morgan fingerprint density at radius 1 is 1.00 bits per heavy atom. The molecule has 3 aromatic carbocycles. The van der Waals surface area contributed by atoms with Gasteiger partial charge < -0.3 is 24.3 Å². The first kappa shape index (κ1) is 25.0. The topological polar surface area (TPSA) is 118 Å². The molecule has 1 amide bonds. The summed E-state index contributed by atoms with van der Waals surface area (Å²) < 4.78 is 5.16. The summed E-state index contributed by atoms with van der Waals surface area (Å²) in [6.07, 6.45) is 0.328. The zero-order chi connectivity index (χ0) is 27.1. The molecule has 6 rings (SSSR count). The number of piperazine rings is 1. The average molecular weight is 544 g/mol. The molecule has 0 radical (unpaired) electrons.